The van der Waals surface area contributed by atoms with Gasteiger partial charge in [-0.05, 0) is 18.6 Å². The van der Waals surface area contributed by atoms with Crippen LogP contribution in [0.3, 0.4) is 0 Å². The van der Waals surface area contributed by atoms with E-state index in [0.717, 1.165) is 6.42 Å². The molecule has 2 N–H and O–H groups in total. The van der Waals surface area contributed by atoms with Crippen LogP contribution in [-0.2, 0) is 14.8 Å². The molecule has 1 aliphatic heterocycles. The molecule has 94 valence electrons. The Kier molecular flexibility index (Phi) is 3.66. The van der Waals surface area contributed by atoms with Crippen molar-refractivity contribution in [3.05, 3.63) is 24.3 Å². The maximum atomic E-state index is 12.2. The average molecular weight is 256 g/mol. The van der Waals surface area contributed by atoms with Crippen molar-refractivity contribution in [3.63, 3.8) is 0 Å². The zero-order valence-corrected chi connectivity index (χ0v) is 10.5. The number of sulfonamides is 1. The molecule has 1 saturated heterocycles. The van der Waals surface area contributed by atoms with Crippen molar-refractivity contribution in [2.75, 3.05) is 25.6 Å². The molecule has 1 unspecified atom stereocenters. The summed E-state index contributed by atoms with van der Waals surface area (Å²) in [5.74, 6) is 0. The Balaban J connectivity index is 2.24. The summed E-state index contributed by atoms with van der Waals surface area (Å²) in [6, 6.07) is 6.71. The largest absolute Gasteiger partial charge is 0.387 e. The highest BCUT2D eigenvalue weighted by Crippen LogP contribution is 2.21. The van der Waals surface area contributed by atoms with E-state index in [-0.39, 0.29) is 10.9 Å². The van der Waals surface area contributed by atoms with Gasteiger partial charge in [0.2, 0.25) is 10.0 Å². The third-order valence-electron chi connectivity index (χ3n) is 2.70. The maximum Gasteiger partial charge on any atom is 0.242 e. The first kappa shape index (κ1) is 12.3. The van der Waals surface area contributed by atoms with Crippen LogP contribution in [0, 0.1) is 0 Å². The summed E-state index contributed by atoms with van der Waals surface area (Å²) in [4.78, 5) is 0.273. The average Bonchev–Trinajstić information content (AvgIpc) is 2.81. The van der Waals surface area contributed by atoms with E-state index in [9.17, 15) is 8.42 Å². The number of nitrogens with one attached hydrogen (secondary N) is 2. The topological polar surface area (TPSA) is 67.4 Å². The van der Waals surface area contributed by atoms with Gasteiger partial charge in [-0.15, -0.1) is 0 Å². The van der Waals surface area contributed by atoms with Crippen molar-refractivity contribution in [2.45, 2.75) is 17.4 Å². The molecule has 0 radical (unpaired) electrons. The van der Waals surface area contributed by atoms with Crippen LogP contribution >= 0.6 is 0 Å². The third kappa shape index (κ3) is 2.77. The van der Waals surface area contributed by atoms with Crippen molar-refractivity contribution in [1.29, 1.82) is 0 Å². The Bertz CT molecular complexity index is 481. The molecule has 1 atom stereocenters. The first-order valence-electron chi connectivity index (χ1n) is 5.50. The van der Waals surface area contributed by atoms with Crippen molar-refractivity contribution in [3.8, 4) is 0 Å². The zero-order chi connectivity index (χ0) is 12.3. The lowest BCUT2D eigenvalue weighted by Gasteiger charge is -2.14. The molecule has 1 aromatic carbocycles. The van der Waals surface area contributed by atoms with Gasteiger partial charge in [0.15, 0.2) is 0 Å². The van der Waals surface area contributed by atoms with Gasteiger partial charge in [0, 0.05) is 19.7 Å². The van der Waals surface area contributed by atoms with E-state index in [4.69, 9.17) is 4.74 Å². The molecule has 0 aromatic heterocycles. The Morgan fingerprint density at radius 1 is 1.35 bits per heavy atom. The highest BCUT2D eigenvalue weighted by molar-refractivity contribution is 7.89. The Hall–Kier alpha value is -1.11. The summed E-state index contributed by atoms with van der Waals surface area (Å²) in [5.41, 5.74) is 0.596. The van der Waals surface area contributed by atoms with Gasteiger partial charge in [-0.25, -0.2) is 13.1 Å². The monoisotopic (exact) mass is 256 g/mol. The standard InChI is InChI=1S/C11H16N2O3S/c1-12-10-4-2-3-5-11(10)17(14,15)13-9-6-7-16-8-9/h2-5,9,12-13H,6-8H2,1H3. The summed E-state index contributed by atoms with van der Waals surface area (Å²) in [6.07, 6.45) is 0.723. The van der Waals surface area contributed by atoms with Gasteiger partial charge in [0.25, 0.3) is 0 Å². The molecule has 6 heteroatoms. The summed E-state index contributed by atoms with van der Waals surface area (Å²) >= 11 is 0. The normalized spacial score (nSPS) is 20.4. The molecule has 0 bridgehead atoms. The van der Waals surface area contributed by atoms with Gasteiger partial charge in [-0.3, -0.25) is 0 Å². The lowest BCUT2D eigenvalue weighted by atomic mass is 10.3. The van der Waals surface area contributed by atoms with Gasteiger partial charge in [0.05, 0.1) is 12.3 Å². The van der Waals surface area contributed by atoms with Crippen LogP contribution in [-0.4, -0.2) is 34.7 Å². The summed E-state index contributed by atoms with van der Waals surface area (Å²) in [6.45, 7) is 1.06. The minimum Gasteiger partial charge on any atom is -0.387 e. The molecular formula is C11H16N2O3S. The Morgan fingerprint density at radius 3 is 2.76 bits per heavy atom. The molecule has 5 nitrogen and oxygen atoms in total. The van der Waals surface area contributed by atoms with E-state index >= 15 is 0 Å². The second-order valence-electron chi connectivity index (χ2n) is 3.93. The van der Waals surface area contributed by atoms with E-state index in [1.165, 1.54) is 0 Å². The highest BCUT2D eigenvalue weighted by Gasteiger charge is 2.24. The predicted molar refractivity (Wildman–Crippen MR) is 65.5 cm³/mol. The van der Waals surface area contributed by atoms with E-state index < -0.39 is 10.0 Å². The maximum absolute atomic E-state index is 12.2. The molecule has 0 spiro atoms. The van der Waals surface area contributed by atoms with Crippen molar-refractivity contribution < 1.29 is 13.2 Å². The van der Waals surface area contributed by atoms with E-state index in [1.807, 2.05) is 0 Å². The molecule has 0 saturated carbocycles. The second kappa shape index (κ2) is 5.03. The van der Waals surface area contributed by atoms with Gasteiger partial charge in [0.1, 0.15) is 4.90 Å². The fourth-order valence-electron chi connectivity index (χ4n) is 1.82. The quantitative estimate of drug-likeness (QED) is 0.836. The van der Waals surface area contributed by atoms with Crippen LogP contribution in [0.25, 0.3) is 0 Å². The van der Waals surface area contributed by atoms with E-state index in [2.05, 4.69) is 10.0 Å². The van der Waals surface area contributed by atoms with Crippen molar-refractivity contribution >= 4 is 15.7 Å². The second-order valence-corrected chi connectivity index (χ2v) is 5.61. The number of hydrogen-bond acceptors (Lipinski definition) is 4. The van der Waals surface area contributed by atoms with E-state index in [0.29, 0.717) is 18.9 Å². The number of para-hydroxylation sites is 1. The number of ether oxygens (including phenoxy) is 1. The number of anilines is 1. The fraction of sp³-hybridized carbons (Fsp3) is 0.455. The number of hydrogen-bond donors (Lipinski definition) is 2. The van der Waals surface area contributed by atoms with Gasteiger partial charge in [-0.1, -0.05) is 12.1 Å². The molecule has 1 heterocycles. The number of rotatable bonds is 4. The Morgan fingerprint density at radius 2 is 2.12 bits per heavy atom. The predicted octanol–water partition coefficient (Wildman–Crippen LogP) is 0.795. The molecule has 17 heavy (non-hydrogen) atoms. The van der Waals surface area contributed by atoms with Crippen LogP contribution in [0.15, 0.2) is 29.2 Å². The van der Waals surface area contributed by atoms with E-state index in [1.54, 1.807) is 31.3 Å². The van der Waals surface area contributed by atoms with Crippen LogP contribution in [0.1, 0.15) is 6.42 Å². The summed E-state index contributed by atoms with van der Waals surface area (Å²) in [5, 5.41) is 2.88. The minimum atomic E-state index is -3.48. The van der Waals surface area contributed by atoms with Gasteiger partial charge in [-0.2, -0.15) is 0 Å². The minimum absolute atomic E-state index is 0.120. The van der Waals surface area contributed by atoms with Crippen LogP contribution in [0.2, 0.25) is 0 Å². The molecule has 0 amide bonds. The zero-order valence-electron chi connectivity index (χ0n) is 9.64. The molecule has 1 fully saturated rings. The summed E-state index contributed by atoms with van der Waals surface area (Å²) in [7, 11) is -1.78. The fourth-order valence-corrected chi connectivity index (χ4v) is 3.29. The molecule has 1 aromatic rings. The van der Waals surface area contributed by atoms with Crippen LogP contribution in [0.5, 0.6) is 0 Å². The third-order valence-corrected chi connectivity index (χ3v) is 4.28. The van der Waals surface area contributed by atoms with Crippen molar-refractivity contribution in [1.82, 2.24) is 4.72 Å². The molecule has 0 aliphatic carbocycles. The van der Waals surface area contributed by atoms with Gasteiger partial charge < -0.3 is 10.1 Å². The molecule has 2 rings (SSSR count). The van der Waals surface area contributed by atoms with Gasteiger partial charge >= 0.3 is 0 Å². The lowest BCUT2D eigenvalue weighted by molar-refractivity contribution is 0.192. The SMILES string of the molecule is CNc1ccccc1S(=O)(=O)NC1CCOC1. The van der Waals surface area contributed by atoms with Crippen molar-refractivity contribution in [2.24, 2.45) is 0 Å². The van der Waals surface area contributed by atoms with Crippen LogP contribution < -0.4 is 10.0 Å². The summed E-state index contributed by atoms with van der Waals surface area (Å²) < 4.78 is 32.1. The molecule has 1 aliphatic rings. The lowest BCUT2D eigenvalue weighted by Crippen LogP contribution is -2.35. The number of benzene rings is 1. The first-order valence-corrected chi connectivity index (χ1v) is 6.98. The first-order chi connectivity index (χ1) is 8.13. The smallest absolute Gasteiger partial charge is 0.242 e. The molecular weight excluding hydrogens is 240 g/mol. The Labute approximate surface area is 101 Å². The van der Waals surface area contributed by atoms with Crippen LogP contribution in [0.4, 0.5) is 5.69 Å². The highest BCUT2D eigenvalue weighted by atomic mass is 32.2.